The summed E-state index contributed by atoms with van der Waals surface area (Å²) in [6.07, 6.45) is 0. The Labute approximate surface area is 159 Å². The summed E-state index contributed by atoms with van der Waals surface area (Å²) < 4.78 is 50.2. The van der Waals surface area contributed by atoms with Crippen molar-refractivity contribution in [2.45, 2.75) is 10.9 Å². The Morgan fingerprint density at radius 1 is 1.04 bits per heavy atom. The highest BCUT2D eigenvalue weighted by Gasteiger charge is 2.24. The second kappa shape index (κ2) is 8.87. The molecule has 0 aromatic heterocycles. The van der Waals surface area contributed by atoms with E-state index < -0.39 is 39.5 Å². The van der Waals surface area contributed by atoms with E-state index in [2.05, 4.69) is 15.5 Å². The number of rotatable bonds is 7. The third kappa shape index (κ3) is 4.88. The van der Waals surface area contributed by atoms with Crippen LogP contribution in [0.1, 0.15) is 22.0 Å². The first-order chi connectivity index (χ1) is 13.2. The number of benzene rings is 2. The molecule has 0 saturated carbocycles. The van der Waals surface area contributed by atoms with Crippen LogP contribution in [0.5, 0.6) is 0 Å². The first-order valence-corrected chi connectivity index (χ1v) is 9.30. The molecule has 8 nitrogen and oxygen atoms in total. The van der Waals surface area contributed by atoms with Gasteiger partial charge in [0.15, 0.2) is 11.6 Å². The fraction of sp³-hybridized carbons (Fsp3) is 0.176. The fourth-order valence-electron chi connectivity index (χ4n) is 2.29. The number of nitrogens with one attached hydrogen (secondary N) is 3. The van der Waals surface area contributed by atoms with E-state index in [1.807, 2.05) is 4.89 Å². The number of amides is 2. The van der Waals surface area contributed by atoms with Gasteiger partial charge >= 0.3 is 0 Å². The van der Waals surface area contributed by atoms with Crippen LogP contribution in [0, 0.1) is 11.6 Å². The Bertz CT molecular complexity index is 981. The van der Waals surface area contributed by atoms with Crippen LogP contribution in [0.4, 0.5) is 8.78 Å². The molecule has 0 spiro atoms. The van der Waals surface area contributed by atoms with E-state index in [0.717, 1.165) is 19.2 Å². The molecule has 0 aliphatic heterocycles. The molecule has 0 fully saturated rings. The van der Waals surface area contributed by atoms with Crippen molar-refractivity contribution in [3.63, 3.8) is 0 Å². The number of carbonyl (C=O) groups excluding carboxylic acids is 2. The Kier molecular flexibility index (Phi) is 6.78. The van der Waals surface area contributed by atoms with Gasteiger partial charge in [0, 0.05) is 12.6 Å². The molecule has 0 heterocycles. The van der Waals surface area contributed by atoms with Crippen LogP contribution in [0.25, 0.3) is 0 Å². The Morgan fingerprint density at radius 2 is 1.68 bits per heavy atom. The minimum absolute atomic E-state index is 0.0371. The highest BCUT2D eigenvalue weighted by molar-refractivity contribution is 7.89. The molecule has 2 amide bonds. The van der Waals surface area contributed by atoms with Crippen LogP contribution < -0.4 is 15.5 Å². The van der Waals surface area contributed by atoms with Gasteiger partial charge in [0.05, 0.1) is 12.0 Å². The highest BCUT2D eigenvalue weighted by atomic mass is 32.2. The SMILES string of the molecule is CNC(=O)C(NC(=O)c1ccc(S(=O)(=O)NOC)cc1)c1ccc(F)c(F)c1. The quantitative estimate of drug-likeness (QED) is 0.587. The molecule has 0 radical (unpaired) electrons. The van der Waals surface area contributed by atoms with Crippen LogP contribution in [0.15, 0.2) is 47.4 Å². The van der Waals surface area contributed by atoms with E-state index in [9.17, 15) is 26.8 Å². The molecule has 1 atom stereocenters. The van der Waals surface area contributed by atoms with Crippen molar-refractivity contribution in [2.24, 2.45) is 0 Å². The first-order valence-electron chi connectivity index (χ1n) is 7.82. The van der Waals surface area contributed by atoms with Crippen LogP contribution >= 0.6 is 0 Å². The summed E-state index contributed by atoms with van der Waals surface area (Å²) in [6, 6.07) is 6.33. The molecule has 0 aliphatic rings. The minimum atomic E-state index is -3.89. The minimum Gasteiger partial charge on any atom is -0.357 e. The molecule has 11 heteroatoms. The Hall–Kier alpha value is -2.89. The predicted octanol–water partition coefficient (Wildman–Crippen LogP) is 1.02. The van der Waals surface area contributed by atoms with Gasteiger partial charge in [-0.3, -0.25) is 14.4 Å². The topological polar surface area (TPSA) is 114 Å². The third-order valence-electron chi connectivity index (χ3n) is 3.68. The first kappa shape index (κ1) is 21.4. The van der Waals surface area contributed by atoms with Crippen molar-refractivity contribution >= 4 is 21.8 Å². The van der Waals surface area contributed by atoms with Gasteiger partial charge in [-0.15, -0.1) is 0 Å². The van der Waals surface area contributed by atoms with Gasteiger partial charge in [-0.2, -0.15) is 0 Å². The molecule has 150 valence electrons. The molecular weight excluding hydrogens is 396 g/mol. The van der Waals surface area contributed by atoms with E-state index in [4.69, 9.17) is 0 Å². The molecule has 2 aromatic carbocycles. The zero-order chi connectivity index (χ0) is 20.9. The standard InChI is InChI=1S/C17H17F2N3O5S/c1-20-17(24)15(11-5-8-13(18)14(19)9-11)21-16(23)10-3-6-12(7-4-10)28(25,26)22-27-2/h3-9,15,22H,1-2H3,(H,20,24)(H,21,23). The largest absolute Gasteiger partial charge is 0.357 e. The maximum absolute atomic E-state index is 13.5. The van der Waals surface area contributed by atoms with Crippen LogP contribution in [-0.2, 0) is 19.7 Å². The maximum Gasteiger partial charge on any atom is 0.262 e. The van der Waals surface area contributed by atoms with Crippen LogP contribution in [0.2, 0.25) is 0 Å². The second-order valence-electron chi connectivity index (χ2n) is 5.51. The molecule has 2 aromatic rings. The second-order valence-corrected chi connectivity index (χ2v) is 7.15. The Morgan fingerprint density at radius 3 is 2.21 bits per heavy atom. The lowest BCUT2D eigenvalue weighted by molar-refractivity contribution is -0.122. The van der Waals surface area contributed by atoms with Crippen molar-refractivity contribution < 1.29 is 31.6 Å². The van der Waals surface area contributed by atoms with E-state index in [0.29, 0.717) is 0 Å². The highest BCUT2D eigenvalue weighted by Crippen LogP contribution is 2.18. The number of halogens is 2. The van der Waals surface area contributed by atoms with E-state index in [1.54, 1.807) is 0 Å². The van der Waals surface area contributed by atoms with Gasteiger partial charge in [-0.25, -0.2) is 17.2 Å². The summed E-state index contributed by atoms with van der Waals surface area (Å²) in [6.45, 7) is 0. The van der Waals surface area contributed by atoms with Crippen molar-refractivity contribution in [2.75, 3.05) is 14.2 Å². The molecule has 3 N–H and O–H groups in total. The predicted molar refractivity (Wildman–Crippen MR) is 94.4 cm³/mol. The van der Waals surface area contributed by atoms with E-state index >= 15 is 0 Å². The lowest BCUT2D eigenvalue weighted by atomic mass is 10.0. The summed E-state index contributed by atoms with van der Waals surface area (Å²) >= 11 is 0. The lowest BCUT2D eigenvalue weighted by Gasteiger charge is -2.18. The molecule has 1 unspecified atom stereocenters. The van der Waals surface area contributed by atoms with Crippen molar-refractivity contribution in [1.29, 1.82) is 0 Å². The molecule has 0 bridgehead atoms. The number of likely N-dealkylation sites (N-methyl/N-ethyl adjacent to an activating group) is 1. The van der Waals surface area contributed by atoms with E-state index in [1.165, 1.54) is 37.4 Å². The van der Waals surface area contributed by atoms with Gasteiger partial charge in [0.25, 0.3) is 15.9 Å². The summed E-state index contributed by atoms with van der Waals surface area (Å²) in [5, 5.41) is 4.73. The van der Waals surface area contributed by atoms with Crippen molar-refractivity contribution in [3.05, 3.63) is 65.2 Å². The number of hydrogen-bond acceptors (Lipinski definition) is 5. The molecule has 0 aliphatic carbocycles. The molecule has 28 heavy (non-hydrogen) atoms. The molecular formula is C17H17F2N3O5S. The average molecular weight is 413 g/mol. The monoisotopic (exact) mass is 413 g/mol. The number of hydrogen-bond donors (Lipinski definition) is 3. The van der Waals surface area contributed by atoms with Gasteiger partial charge in [-0.1, -0.05) is 11.0 Å². The van der Waals surface area contributed by atoms with Crippen molar-refractivity contribution in [3.8, 4) is 0 Å². The number of carbonyl (C=O) groups is 2. The lowest BCUT2D eigenvalue weighted by Crippen LogP contribution is -2.39. The van der Waals surface area contributed by atoms with Gasteiger partial charge in [0.1, 0.15) is 6.04 Å². The average Bonchev–Trinajstić information content (AvgIpc) is 2.67. The zero-order valence-electron chi connectivity index (χ0n) is 14.8. The van der Waals surface area contributed by atoms with Gasteiger partial charge in [-0.05, 0) is 42.0 Å². The Balaban J connectivity index is 2.26. The summed E-state index contributed by atoms with van der Waals surface area (Å²) in [4.78, 5) is 30.6. The van der Waals surface area contributed by atoms with Gasteiger partial charge in [0.2, 0.25) is 5.91 Å². The van der Waals surface area contributed by atoms with E-state index in [-0.39, 0.29) is 16.0 Å². The summed E-state index contributed by atoms with van der Waals surface area (Å²) in [5.74, 6) is -3.63. The summed E-state index contributed by atoms with van der Waals surface area (Å²) in [5.41, 5.74) is 0.0861. The molecule has 2 rings (SSSR count). The fourth-order valence-corrected chi connectivity index (χ4v) is 3.10. The van der Waals surface area contributed by atoms with Crippen LogP contribution in [0.3, 0.4) is 0 Å². The zero-order valence-corrected chi connectivity index (χ0v) is 15.6. The summed E-state index contributed by atoms with van der Waals surface area (Å²) in [7, 11) is -1.43. The van der Waals surface area contributed by atoms with Crippen LogP contribution in [-0.4, -0.2) is 34.4 Å². The third-order valence-corrected chi connectivity index (χ3v) is 4.96. The number of sulfonamides is 1. The van der Waals surface area contributed by atoms with Gasteiger partial charge < -0.3 is 10.6 Å². The normalized spacial score (nSPS) is 12.3. The van der Waals surface area contributed by atoms with Crippen molar-refractivity contribution in [1.82, 2.24) is 15.5 Å². The molecule has 0 saturated heterocycles. The maximum atomic E-state index is 13.5. The smallest absolute Gasteiger partial charge is 0.262 e.